The van der Waals surface area contributed by atoms with Gasteiger partial charge in [-0.1, -0.05) is 30.7 Å². The molecule has 2 atom stereocenters. The minimum atomic E-state index is -0.722. The SMILES string of the molecule is CC1CCc2c(sc3ncn(C(C)C(=O)N/N=C/c4ccc(Cl)cc4)c(=O)c23)C1. The van der Waals surface area contributed by atoms with E-state index in [-0.39, 0.29) is 11.5 Å². The molecule has 0 bridgehead atoms. The number of aryl methyl sites for hydroxylation is 1. The predicted molar refractivity (Wildman–Crippen MR) is 117 cm³/mol. The number of nitrogens with one attached hydrogen (secondary N) is 1. The van der Waals surface area contributed by atoms with Gasteiger partial charge in [0.1, 0.15) is 10.9 Å². The van der Waals surface area contributed by atoms with Crippen molar-refractivity contribution < 1.29 is 4.79 Å². The summed E-state index contributed by atoms with van der Waals surface area (Å²) in [7, 11) is 0. The van der Waals surface area contributed by atoms with Gasteiger partial charge in [-0.3, -0.25) is 14.2 Å². The molecule has 1 aliphatic carbocycles. The minimum absolute atomic E-state index is 0.161. The number of carbonyl (C=O) groups is 1. The molecule has 3 aromatic rings. The van der Waals surface area contributed by atoms with Gasteiger partial charge in [-0.15, -0.1) is 11.3 Å². The van der Waals surface area contributed by atoms with Crippen LogP contribution >= 0.6 is 22.9 Å². The van der Waals surface area contributed by atoms with Crippen LogP contribution in [-0.4, -0.2) is 21.7 Å². The Labute approximate surface area is 177 Å². The molecule has 2 aromatic heterocycles. The van der Waals surface area contributed by atoms with Crippen molar-refractivity contribution in [3.63, 3.8) is 0 Å². The van der Waals surface area contributed by atoms with E-state index in [0.29, 0.717) is 16.3 Å². The Balaban J connectivity index is 1.55. The summed E-state index contributed by atoms with van der Waals surface area (Å²) in [6.45, 7) is 3.90. The van der Waals surface area contributed by atoms with Gasteiger partial charge in [0.2, 0.25) is 0 Å². The van der Waals surface area contributed by atoms with E-state index < -0.39 is 6.04 Å². The van der Waals surface area contributed by atoms with E-state index in [1.807, 2.05) is 0 Å². The zero-order valence-corrected chi connectivity index (χ0v) is 17.8. The predicted octanol–water partition coefficient (Wildman–Crippen LogP) is 3.95. The van der Waals surface area contributed by atoms with Crippen LogP contribution in [0.3, 0.4) is 0 Å². The molecule has 1 N–H and O–H groups in total. The molecule has 8 heteroatoms. The van der Waals surface area contributed by atoms with Crippen LogP contribution in [0.4, 0.5) is 0 Å². The van der Waals surface area contributed by atoms with Crippen molar-refractivity contribution in [2.24, 2.45) is 11.0 Å². The number of nitrogens with zero attached hydrogens (tertiary/aromatic N) is 3. The molecule has 2 unspecified atom stereocenters. The number of aromatic nitrogens is 2. The fourth-order valence-electron chi connectivity index (χ4n) is 3.56. The van der Waals surface area contributed by atoms with Crippen LogP contribution in [0.1, 0.15) is 42.3 Å². The smallest absolute Gasteiger partial charge is 0.263 e. The van der Waals surface area contributed by atoms with Gasteiger partial charge in [0, 0.05) is 9.90 Å². The van der Waals surface area contributed by atoms with Crippen molar-refractivity contribution in [1.82, 2.24) is 15.0 Å². The maximum Gasteiger partial charge on any atom is 0.263 e. The number of thiophene rings is 1. The summed E-state index contributed by atoms with van der Waals surface area (Å²) in [5.74, 6) is 0.247. The van der Waals surface area contributed by atoms with Crippen molar-refractivity contribution in [3.05, 3.63) is 62.0 Å². The largest absolute Gasteiger partial charge is 0.286 e. The zero-order valence-electron chi connectivity index (χ0n) is 16.2. The number of benzene rings is 1. The van der Waals surface area contributed by atoms with E-state index in [0.717, 1.165) is 35.2 Å². The zero-order chi connectivity index (χ0) is 20.5. The van der Waals surface area contributed by atoms with E-state index in [1.54, 1.807) is 42.5 Å². The highest BCUT2D eigenvalue weighted by atomic mass is 35.5. The van der Waals surface area contributed by atoms with Gasteiger partial charge < -0.3 is 0 Å². The molecule has 0 radical (unpaired) electrons. The Morgan fingerprint density at radius 3 is 2.93 bits per heavy atom. The van der Waals surface area contributed by atoms with Gasteiger partial charge >= 0.3 is 0 Å². The molecule has 6 nitrogen and oxygen atoms in total. The average Bonchev–Trinajstić information content (AvgIpc) is 3.07. The molecule has 0 fully saturated rings. The highest BCUT2D eigenvalue weighted by Gasteiger charge is 2.25. The van der Waals surface area contributed by atoms with Gasteiger partial charge in [0.05, 0.1) is 17.9 Å². The first kappa shape index (κ1) is 19.8. The van der Waals surface area contributed by atoms with Crippen LogP contribution in [0, 0.1) is 5.92 Å². The highest BCUT2D eigenvalue weighted by molar-refractivity contribution is 7.18. The number of hydrogen-bond acceptors (Lipinski definition) is 5. The highest BCUT2D eigenvalue weighted by Crippen LogP contribution is 2.35. The number of fused-ring (bicyclic) bond motifs is 3. The van der Waals surface area contributed by atoms with Crippen LogP contribution in [0.15, 0.2) is 40.5 Å². The lowest BCUT2D eigenvalue weighted by molar-refractivity contribution is -0.123. The Hall–Kier alpha value is -2.51. The lowest BCUT2D eigenvalue weighted by Gasteiger charge is -2.18. The summed E-state index contributed by atoms with van der Waals surface area (Å²) in [5, 5.41) is 5.28. The molecule has 4 rings (SSSR count). The number of hydrogen-bond donors (Lipinski definition) is 1. The molecule has 1 amide bonds. The third-order valence-corrected chi connectivity index (χ3v) is 6.71. The quantitative estimate of drug-likeness (QED) is 0.505. The van der Waals surface area contributed by atoms with Crippen LogP contribution in [-0.2, 0) is 17.6 Å². The Kier molecular flexibility index (Phi) is 5.52. The Bertz CT molecular complexity index is 1150. The van der Waals surface area contributed by atoms with Crippen LogP contribution in [0.25, 0.3) is 10.2 Å². The van der Waals surface area contributed by atoms with E-state index in [2.05, 4.69) is 22.4 Å². The first-order chi connectivity index (χ1) is 13.9. The third kappa shape index (κ3) is 3.97. The molecular formula is C21H21ClN4O2S. The van der Waals surface area contributed by atoms with E-state index >= 15 is 0 Å². The van der Waals surface area contributed by atoms with Crippen LogP contribution < -0.4 is 11.0 Å². The summed E-state index contributed by atoms with van der Waals surface area (Å²) in [5.41, 5.74) is 4.25. The molecule has 1 aromatic carbocycles. The van der Waals surface area contributed by atoms with Crippen LogP contribution in [0.2, 0.25) is 5.02 Å². The second-order valence-corrected chi connectivity index (χ2v) is 8.97. The standard InChI is InChI=1S/C21H21ClN4O2S/c1-12-3-8-16-17(9-12)29-20-18(16)21(28)26(11-23-20)13(2)19(27)25-24-10-14-4-6-15(22)7-5-14/h4-7,10-13H,3,8-9H2,1-2H3,(H,25,27)/b24-10+. The molecule has 0 saturated carbocycles. The van der Waals surface area contributed by atoms with Gasteiger partial charge in [-0.05, 0) is 55.4 Å². The topological polar surface area (TPSA) is 76.3 Å². The summed E-state index contributed by atoms with van der Waals surface area (Å²) < 4.78 is 1.39. The first-order valence-corrected chi connectivity index (χ1v) is 10.7. The molecule has 1 aliphatic rings. The minimum Gasteiger partial charge on any atom is -0.286 e. The maximum atomic E-state index is 13.1. The molecule has 0 aliphatic heterocycles. The van der Waals surface area contributed by atoms with Crippen molar-refractivity contribution in [2.75, 3.05) is 0 Å². The lowest BCUT2D eigenvalue weighted by atomic mass is 9.89. The fraction of sp³-hybridized carbons (Fsp3) is 0.333. The molecular weight excluding hydrogens is 408 g/mol. The van der Waals surface area contributed by atoms with Crippen molar-refractivity contribution in [3.8, 4) is 0 Å². The second-order valence-electron chi connectivity index (χ2n) is 7.45. The van der Waals surface area contributed by atoms with E-state index in [1.165, 1.54) is 22.0 Å². The fourth-order valence-corrected chi connectivity index (χ4v) is 5.03. The molecule has 150 valence electrons. The number of halogens is 1. The average molecular weight is 429 g/mol. The Morgan fingerprint density at radius 2 is 2.17 bits per heavy atom. The van der Waals surface area contributed by atoms with Gasteiger partial charge in [-0.2, -0.15) is 5.10 Å². The number of rotatable bonds is 4. The van der Waals surface area contributed by atoms with Crippen molar-refractivity contribution in [2.45, 2.75) is 39.2 Å². The normalized spacial score (nSPS) is 17.4. The second kappa shape index (κ2) is 8.08. The molecule has 2 heterocycles. The summed E-state index contributed by atoms with van der Waals surface area (Å²) >= 11 is 7.45. The molecule has 29 heavy (non-hydrogen) atoms. The summed E-state index contributed by atoms with van der Waals surface area (Å²) in [6.07, 6.45) is 5.95. The summed E-state index contributed by atoms with van der Waals surface area (Å²) in [4.78, 5) is 32.1. The van der Waals surface area contributed by atoms with Gasteiger partial charge in [0.15, 0.2) is 0 Å². The monoisotopic (exact) mass is 428 g/mol. The first-order valence-electron chi connectivity index (χ1n) is 9.54. The van der Waals surface area contributed by atoms with Gasteiger partial charge in [-0.25, -0.2) is 10.4 Å². The summed E-state index contributed by atoms with van der Waals surface area (Å²) in [6, 6.07) is 6.36. The molecule has 0 saturated heterocycles. The Morgan fingerprint density at radius 1 is 1.41 bits per heavy atom. The third-order valence-electron chi connectivity index (χ3n) is 5.30. The van der Waals surface area contributed by atoms with Crippen LogP contribution in [0.5, 0.6) is 0 Å². The number of hydrazone groups is 1. The van der Waals surface area contributed by atoms with E-state index in [4.69, 9.17) is 11.6 Å². The number of carbonyl (C=O) groups excluding carboxylic acids is 1. The van der Waals surface area contributed by atoms with E-state index in [9.17, 15) is 9.59 Å². The van der Waals surface area contributed by atoms with Crippen molar-refractivity contribution >= 4 is 45.3 Å². The molecule has 0 spiro atoms. The van der Waals surface area contributed by atoms with Gasteiger partial charge in [0.25, 0.3) is 11.5 Å². The number of amides is 1. The maximum absolute atomic E-state index is 13.1. The van der Waals surface area contributed by atoms with Crippen molar-refractivity contribution in [1.29, 1.82) is 0 Å². The lowest BCUT2D eigenvalue weighted by Crippen LogP contribution is -2.34.